The van der Waals surface area contributed by atoms with Crippen LogP contribution >= 0.6 is 0 Å². The maximum atomic E-state index is 12.8. The quantitative estimate of drug-likeness (QED) is 0.330. The van der Waals surface area contributed by atoms with Gasteiger partial charge in [-0.2, -0.15) is 13.2 Å². The average Bonchev–Trinajstić information content (AvgIpc) is 3.23. The number of carboxylic acid groups (broad SMARTS) is 1. The van der Waals surface area contributed by atoms with Crippen molar-refractivity contribution >= 4 is 5.97 Å². The molecule has 2 heterocycles. The summed E-state index contributed by atoms with van der Waals surface area (Å²) in [6.45, 7) is 4.28. The van der Waals surface area contributed by atoms with Gasteiger partial charge < -0.3 is 19.7 Å². The fourth-order valence-corrected chi connectivity index (χ4v) is 3.56. The summed E-state index contributed by atoms with van der Waals surface area (Å²) < 4.78 is 51.0. The first kappa shape index (κ1) is 26.8. The summed E-state index contributed by atoms with van der Waals surface area (Å²) in [5.41, 5.74) is 0.453. The number of halogens is 3. The highest BCUT2D eigenvalue weighted by atomic mass is 19.4. The van der Waals surface area contributed by atoms with Crippen LogP contribution < -0.4 is 9.47 Å². The molecule has 0 spiro atoms. The molecule has 3 rings (SSSR count). The van der Waals surface area contributed by atoms with Crippen LogP contribution in [0.15, 0.2) is 42.7 Å². The standard InChI is InChI=1S/C25H28F3N3O5/c1-3-16(24(33)34)12-17-7-9-20(13-21(17)32)36-11-5-6-18-15-31(30-23(18)35-4-2)22-10-8-19(14-29-22)25(26,27)28/h7-10,13-16,32H,3-6,11-12H2,1-2H3,(H,33,34). The number of phenols is 1. The Morgan fingerprint density at radius 3 is 2.50 bits per heavy atom. The molecule has 1 atom stereocenters. The van der Waals surface area contributed by atoms with Gasteiger partial charge in [0.05, 0.1) is 24.7 Å². The minimum atomic E-state index is -4.47. The number of nitrogens with zero attached hydrogens (tertiary/aromatic N) is 3. The third-order valence-electron chi connectivity index (χ3n) is 5.57. The number of pyridine rings is 1. The Balaban J connectivity index is 1.60. The fourth-order valence-electron chi connectivity index (χ4n) is 3.56. The fraction of sp³-hybridized carbons (Fsp3) is 0.400. The van der Waals surface area contributed by atoms with E-state index in [4.69, 9.17) is 9.47 Å². The molecule has 11 heteroatoms. The highest BCUT2D eigenvalue weighted by Gasteiger charge is 2.30. The number of rotatable bonds is 12. The SMILES string of the molecule is CCOc1nn(-c2ccc(C(F)(F)F)cn2)cc1CCCOc1ccc(CC(CC)C(=O)O)c(O)c1. The molecule has 0 bridgehead atoms. The van der Waals surface area contributed by atoms with Gasteiger partial charge >= 0.3 is 12.1 Å². The number of hydrogen-bond donors (Lipinski definition) is 2. The lowest BCUT2D eigenvalue weighted by molar-refractivity contribution is -0.142. The smallest absolute Gasteiger partial charge is 0.417 e. The number of aromatic hydroxyl groups is 1. The second-order valence-electron chi connectivity index (χ2n) is 8.13. The Hall–Kier alpha value is -3.76. The molecule has 2 N–H and O–H groups in total. The highest BCUT2D eigenvalue weighted by molar-refractivity contribution is 5.70. The number of phenolic OH excluding ortho intramolecular Hbond substituents is 1. The van der Waals surface area contributed by atoms with Crippen molar-refractivity contribution in [3.8, 4) is 23.2 Å². The van der Waals surface area contributed by atoms with Gasteiger partial charge in [0.2, 0.25) is 5.88 Å². The summed E-state index contributed by atoms with van der Waals surface area (Å²) in [6, 6.07) is 6.99. The largest absolute Gasteiger partial charge is 0.508 e. The van der Waals surface area contributed by atoms with Crippen molar-refractivity contribution in [1.29, 1.82) is 0 Å². The molecule has 2 aromatic heterocycles. The van der Waals surface area contributed by atoms with E-state index >= 15 is 0 Å². The lowest BCUT2D eigenvalue weighted by Crippen LogP contribution is -2.15. The lowest BCUT2D eigenvalue weighted by Gasteiger charge is -2.12. The van der Waals surface area contributed by atoms with E-state index < -0.39 is 23.6 Å². The number of hydrogen-bond acceptors (Lipinski definition) is 6. The Kier molecular flexibility index (Phi) is 8.78. The van der Waals surface area contributed by atoms with E-state index in [1.54, 1.807) is 32.2 Å². The van der Waals surface area contributed by atoms with Crippen molar-refractivity contribution in [3.05, 3.63) is 59.4 Å². The second kappa shape index (κ2) is 11.8. The monoisotopic (exact) mass is 507 g/mol. The van der Waals surface area contributed by atoms with E-state index in [0.29, 0.717) is 49.7 Å². The third-order valence-corrected chi connectivity index (χ3v) is 5.57. The predicted molar refractivity (Wildman–Crippen MR) is 125 cm³/mol. The van der Waals surface area contributed by atoms with Crippen molar-refractivity contribution in [2.45, 2.75) is 45.7 Å². The predicted octanol–water partition coefficient (Wildman–Crippen LogP) is 5.06. The van der Waals surface area contributed by atoms with Gasteiger partial charge in [0.25, 0.3) is 0 Å². The molecule has 0 saturated heterocycles. The molecular weight excluding hydrogens is 479 g/mol. The number of carbonyl (C=O) groups is 1. The van der Waals surface area contributed by atoms with Crippen LogP contribution in [0, 0.1) is 5.92 Å². The summed E-state index contributed by atoms with van der Waals surface area (Å²) in [7, 11) is 0. The van der Waals surface area contributed by atoms with Gasteiger partial charge in [0, 0.05) is 24.0 Å². The van der Waals surface area contributed by atoms with Crippen molar-refractivity contribution in [2.75, 3.05) is 13.2 Å². The molecule has 0 radical (unpaired) electrons. The molecule has 0 aliphatic heterocycles. The molecule has 0 aliphatic rings. The maximum absolute atomic E-state index is 12.8. The molecule has 3 aromatic rings. The molecule has 0 aliphatic carbocycles. The average molecular weight is 508 g/mol. The first-order valence-electron chi connectivity index (χ1n) is 11.5. The van der Waals surface area contributed by atoms with Crippen LogP contribution in [-0.4, -0.2) is 44.2 Å². The topological polar surface area (TPSA) is 107 Å². The first-order valence-corrected chi connectivity index (χ1v) is 11.5. The van der Waals surface area contributed by atoms with Gasteiger partial charge in [-0.05, 0) is 56.4 Å². The van der Waals surface area contributed by atoms with Crippen molar-refractivity contribution < 1.29 is 37.7 Å². The van der Waals surface area contributed by atoms with Crippen LogP contribution in [0.1, 0.15) is 43.4 Å². The summed E-state index contributed by atoms with van der Waals surface area (Å²) >= 11 is 0. The Morgan fingerprint density at radius 1 is 1.14 bits per heavy atom. The van der Waals surface area contributed by atoms with Crippen molar-refractivity contribution in [1.82, 2.24) is 14.8 Å². The Labute approximate surface area is 206 Å². The summed E-state index contributed by atoms with van der Waals surface area (Å²) in [6.07, 6.45) is -0.255. The van der Waals surface area contributed by atoms with E-state index in [9.17, 15) is 28.2 Å². The molecule has 194 valence electrons. The van der Waals surface area contributed by atoms with Gasteiger partial charge in [0.15, 0.2) is 5.82 Å². The highest BCUT2D eigenvalue weighted by Crippen LogP contribution is 2.29. The van der Waals surface area contributed by atoms with Crippen LogP contribution in [0.2, 0.25) is 0 Å². The van der Waals surface area contributed by atoms with Crippen LogP contribution in [-0.2, 0) is 23.8 Å². The normalized spacial score (nSPS) is 12.4. The van der Waals surface area contributed by atoms with Crippen LogP contribution in [0.4, 0.5) is 13.2 Å². The van der Waals surface area contributed by atoms with Gasteiger partial charge in [-0.1, -0.05) is 13.0 Å². The molecular formula is C25H28F3N3O5. The van der Waals surface area contributed by atoms with E-state index in [-0.39, 0.29) is 18.0 Å². The van der Waals surface area contributed by atoms with Gasteiger partial charge in [-0.25, -0.2) is 9.67 Å². The molecule has 0 amide bonds. The number of ether oxygens (including phenoxy) is 2. The first-order chi connectivity index (χ1) is 17.1. The summed E-state index contributed by atoms with van der Waals surface area (Å²) in [5, 5.41) is 23.8. The van der Waals surface area contributed by atoms with Crippen LogP contribution in [0.25, 0.3) is 5.82 Å². The zero-order chi connectivity index (χ0) is 26.3. The summed E-state index contributed by atoms with van der Waals surface area (Å²) in [4.78, 5) is 15.1. The minimum Gasteiger partial charge on any atom is -0.508 e. The van der Waals surface area contributed by atoms with Gasteiger partial charge in [-0.3, -0.25) is 4.79 Å². The number of benzene rings is 1. The minimum absolute atomic E-state index is 0.0175. The second-order valence-corrected chi connectivity index (χ2v) is 8.13. The Bertz CT molecular complexity index is 1160. The molecule has 0 saturated carbocycles. The zero-order valence-corrected chi connectivity index (χ0v) is 20.0. The molecule has 1 unspecified atom stereocenters. The summed E-state index contributed by atoms with van der Waals surface area (Å²) in [5.74, 6) is -0.437. The number of aliphatic carboxylic acids is 1. The van der Waals surface area contributed by atoms with E-state index in [2.05, 4.69) is 10.1 Å². The van der Waals surface area contributed by atoms with E-state index in [0.717, 1.165) is 17.8 Å². The lowest BCUT2D eigenvalue weighted by atomic mass is 9.96. The Morgan fingerprint density at radius 2 is 1.92 bits per heavy atom. The van der Waals surface area contributed by atoms with E-state index in [1.807, 2.05) is 0 Å². The van der Waals surface area contributed by atoms with Crippen LogP contribution in [0.3, 0.4) is 0 Å². The third kappa shape index (κ3) is 6.89. The number of alkyl halides is 3. The number of aromatic nitrogens is 3. The molecule has 0 fully saturated rings. The molecule has 36 heavy (non-hydrogen) atoms. The molecule has 1 aromatic carbocycles. The van der Waals surface area contributed by atoms with E-state index in [1.165, 1.54) is 16.8 Å². The number of aryl methyl sites for hydroxylation is 1. The van der Waals surface area contributed by atoms with Gasteiger partial charge in [-0.15, -0.1) is 5.10 Å². The zero-order valence-electron chi connectivity index (χ0n) is 20.0. The van der Waals surface area contributed by atoms with Crippen molar-refractivity contribution in [3.63, 3.8) is 0 Å². The van der Waals surface area contributed by atoms with Gasteiger partial charge in [0.1, 0.15) is 11.5 Å². The van der Waals surface area contributed by atoms with Crippen LogP contribution in [0.5, 0.6) is 17.4 Å². The van der Waals surface area contributed by atoms with Crippen molar-refractivity contribution in [2.24, 2.45) is 5.92 Å². The number of carboxylic acids is 1. The molecule has 8 nitrogen and oxygen atoms in total. The maximum Gasteiger partial charge on any atom is 0.417 e.